The maximum Gasteiger partial charge on any atom is 0.134 e. The minimum Gasteiger partial charge on any atom is -0.484 e. The zero-order chi connectivity index (χ0) is 14.7. The lowest BCUT2D eigenvalue weighted by Crippen LogP contribution is -2.21. The third-order valence-electron chi connectivity index (χ3n) is 3.47. The monoisotopic (exact) mass is 297 g/mol. The minimum absolute atomic E-state index is 0.0100. The highest BCUT2D eigenvalue weighted by molar-refractivity contribution is 7.10. The molecule has 0 saturated heterocycles. The molecule has 2 atom stereocenters. The summed E-state index contributed by atoms with van der Waals surface area (Å²) in [4.78, 5) is 1.22. The van der Waals surface area contributed by atoms with E-state index in [1.165, 1.54) is 10.3 Å². The Morgan fingerprint density at radius 3 is 2.62 bits per heavy atom. The van der Waals surface area contributed by atoms with Gasteiger partial charge in [-0.3, -0.25) is 0 Å². The second kappa shape index (κ2) is 6.29. The molecule has 21 heavy (non-hydrogen) atoms. The van der Waals surface area contributed by atoms with Gasteiger partial charge in [0.25, 0.3) is 0 Å². The van der Waals surface area contributed by atoms with Crippen molar-refractivity contribution in [3.8, 4) is 5.75 Å². The van der Waals surface area contributed by atoms with Crippen LogP contribution in [0.4, 0.5) is 0 Å². The molecule has 1 aromatic heterocycles. The maximum absolute atomic E-state index is 6.31. The molecule has 0 spiro atoms. The van der Waals surface area contributed by atoms with Crippen LogP contribution in [0.15, 0.2) is 60.0 Å². The summed E-state index contributed by atoms with van der Waals surface area (Å²) < 4.78 is 6.31. The van der Waals surface area contributed by atoms with Crippen molar-refractivity contribution in [1.82, 2.24) is 0 Å². The van der Waals surface area contributed by atoms with Gasteiger partial charge in [0.15, 0.2) is 0 Å². The number of ether oxygens (including phenoxy) is 1. The Bertz CT molecular complexity index is 701. The summed E-state index contributed by atoms with van der Waals surface area (Å²) in [5, 5.41) is 4.42. The zero-order valence-electron chi connectivity index (χ0n) is 12.0. The number of benzene rings is 2. The molecule has 0 aliphatic rings. The van der Waals surface area contributed by atoms with Gasteiger partial charge < -0.3 is 10.5 Å². The second-order valence-corrected chi connectivity index (χ2v) is 6.29. The third-order valence-corrected chi connectivity index (χ3v) is 4.43. The van der Waals surface area contributed by atoms with Gasteiger partial charge in [-0.05, 0) is 29.8 Å². The van der Waals surface area contributed by atoms with E-state index < -0.39 is 0 Å². The van der Waals surface area contributed by atoms with Crippen LogP contribution in [0.5, 0.6) is 5.75 Å². The first kappa shape index (κ1) is 14.1. The van der Waals surface area contributed by atoms with E-state index in [0.717, 1.165) is 17.6 Å². The molecule has 3 aromatic rings. The largest absolute Gasteiger partial charge is 0.484 e. The van der Waals surface area contributed by atoms with Crippen LogP contribution in [0.1, 0.15) is 24.3 Å². The van der Waals surface area contributed by atoms with E-state index in [9.17, 15) is 0 Å². The highest BCUT2D eigenvalue weighted by Crippen LogP contribution is 2.33. The van der Waals surface area contributed by atoms with E-state index in [-0.39, 0.29) is 12.1 Å². The number of thiophene rings is 1. The Hall–Kier alpha value is -1.84. The van der Waals surface area contributed by atoms with Crippen LogP contribution in [0, 0.1) is 0 Å². The summed E-state index contributed by atoms with van der Waals surface area (Å²) in [6.45, 7) is 2.02. The molecule has 2 nitrogen and oxygen atoms in total. The Kier molecular flexibility index (Phi) is 4.23. The first-order valence-corrected chi connectivity index (χ1v) is 8.05. The highest BCUT2D eigenvalue weighted by Gasteiger charge is 2.17. The van der Waals surface area contributed by atoms with Gasteiger partial charge in [-0.15, -0.1) is 11.3 Å². The van der Waals surface area contributed by atoms with Gasteiger partial charge in [0.05, 0.1) is 0 Å². The van der Waals surface area contributed by atoms with E-state index in [2.05, 4.69) is 35.7 Å². The summed E-state index contributed by atoms with van der Waals surface area (Å²) in [6, 6.07) is 18.7. The SMILES string of the molecule is CC(N)CC(Oc1cccc2ccccc12)c1cccs1. The average Bonchev–Trinajstić information content (AvgIpc) is 3.01. The van der Waals surface area contributed by atoms with Crippen molar-refractivity contribution in [1.29, 1.82) is 0 Å². The molecule has 2 N–H and O–H groups in total. The number of nitrogens with two attached hydrogens (primary N) is 1. The quantitative estimate of drug-likeness (QED) is 0.737. The van der Waals surface area contributed by atoms with E-state index in [4.69, 9.17) is 10.5 Å². The van der Waals surface area contributed by atoms with Gasteiger partial charge in [0.2, 0.25) is 0 Å². The Morgan fingerprint density at radius 2 is 1.86 bits per heavy atom. The molecule has 0 aliphatic heterocycles. The predicted octanol–water partition coefficient (Wildman–Crippen LogP) is 4.76. The average molecular weight is 297 g/mol. The Labute approximate surface area is 129 Å². The summed E-state index contributed by atoms with van der Waals surface area (Å²) >= 11 is 1.72. The first-order valence-electron chi connectivity index (χ1n) is 7.17. The molecular formula is C18H19NOS. The predicted molar refractivity (Wildman–Crippen MR) is 89.9 cm³/mol. The van der Waals surface area contributed by atoms with E-state index in [0.29, 0.717) is 0 Å². The molecule has 2 unspecified atom stereocenters. The second-order valence-electron chi connectivity index (χ2n) is 5.31. The zero-order valence-corrected chi connectivity index (χ0v) is 12.8. The van der Waals surface area contributed by atoms with Gasteiger partial charge in [-0.25, -0.2) is 0 Å². The summed E-state index contributed by atoms with van der Waals surface area (Å²) in [7, 11) is 0. The van der Waals surface area contributed by atoms with Crippen LogP contribution in [-0.4, -0.2) is 6.04 Å². The molecule has 108 valence electrons. The Morgan fingerprint density at radius 1 is 1.05 bits per heavy atom. The number of hydrogen-bond acceptors (Lipinski definition) is 3. The molecule has 3 heteroatoms. The minimum atomic E-state index is 0.0100. The molecular weight excluding hydrogens is 278 g/mol. The van der Waals surface area contributed by atoms with Gasteiger partial charge in [-0.1, -0.05) is 42.5 Å². The number of rotatable bonds is 5. The molecule has 2 aromatic carbocycles. The fourth-order valence-electron chi connectivity index (χ4n) is 2.49. The van der Waals surface area contributed by atoms with Crippen LogP contribution in [0.2, 0.25) is 0 Å². The lowest BCUT2D eigenvalue weighted by molar-refractivity contribution is 0.193. The van der Waals surface area contributed by atoms with Crippen molar-refractivity contribution in [2.24, 2.45) is 5.73 Å². The maximum atomic E-state index is 6.31. The smallest absolute Gasteiger partial charge is 0.134 e. The van der Waals surface area contributed by atoms with Crippen molar-refractivity contribution in [2.75, 3.05) is 0 Å². The first-order chi connectivity index (χ1) is 10.2. The van der Waals surface area contributed by atoms with Crippen LogP contribution >= 0.6 is 11.3 Å². The van der Waals surface area contributed by atoms with Crippen molar-refractivity contribution in [2.45, 2.75) is 25.5 Å². The Balaban J connectivity index is 1.94. The number of hydrogen-bond donors (Lipinski definition) is 1. The van der Waals surface area contributed by atoms with E-state index >= 15 is 0 Å². The fraction of sp³-hybridized carbons (Fsp3) is 0.222. The molecule has 0 amide bonds. The van der Waals surface area contributed by atoms with Crippen LogP contribution < -0.4 is 10.5 Å². The molecule has 0 bridgehead atoms. The van der Waals surface area contributed by atoms with Crippen molar-refractivity contribution >= 4 is 22.1 Å². The van der Waals surface area contributed by atoms with Crippen LogP contribution in [-0.2, 0) is 0 Å². The number of fused-ring (bicyclic) bond motifs is 1. The summed E-state index contributed by atoms with van der Waals surface area (Å²) in [5.41, 5.74) is 5.99. The molecule has 0 fully saturated rings. The van der Waals surface area contributed by atoms with Crippen LogP contribution in [0.3, 0.4) is 0 Å². The molecule has 3 rings (SSSR count). The van der Waals surface area contributed by atoms with Crippen molar-refractivity contribution in [3.63, 3.8) is 0 Å². The van der Waals surface area contributed by atoms with Crippen molar-refractivity contribution in [3.05, 3.63) is 64.9 Å². The van der Waals surface area contributed by atoms with Gasteiger partial charge in [0.1, 0.15) is 11.9 Å². The molecule has 0 saturated carbocycles. The van der Waals surface area contributed by atoms with E-state index in [1.807, 2.05) is 31.2 Å². The van der Waals surface area contributed by atoms with Gasteiger partial charge in [-0.2, -0.15) is 0 Å². The van der Waals surface area contributed by atoms with Gasteiger partial charge >= 0.3 is 0 Å². The third kappa shape index (κ3) is 3.26. The fourth-order valence-corrected chi connectivity index (χ4v) is 3.25. The highest BCUT2D eigenvalue weighted by atomic mass is 32.1. The topological polar surface area (TPSA) is 35.2 Å². The summed E-state index contributed by atoms with van der Waals surface area (Å²) in [6.07, 6.45) is 0.819. The lowest BCUT2D eigenvalue weighted by atomic mass is 10.1. The normalized spacial score (nSPS) is 14.0. The van der Waals surface area contributed by atoms with Gasteiger partial charge in [0, 0.05) is 22.7 Å². The molecule has 0 radical (unpaired) electrons. The van der Waals surface area contributed by atoms with E-state index in [1.54, 1.807) is 11.3 Å². The molecule has 1 heterocycles. The molecule has 0 aliphatic carbocycles. The van der Waals surface area contributed by atoms with Crippen molar-refractivity contribution < 1.29 is 4.74 Å². The standard InChI is InChI=1S/C18H19NOS/c1-13(19)12-17(18-10-5-11-21-18)20-16-9-4-7-14-6-2-3-8-15(14)16/h2-11,13,17H,12,19H2,1H3. The lowest BCUT2D eigenvalue weighted by Gasteiger charge is -2.21. The summed E-state index contributed by atoms with van der Waals surface area (Å²) in [5.74, 6) is 0.923. The van der Waals surface area contributed by atoms with Crippen LogP contribution in [0.25, 0.3) is 10.8 Å².